The van der Waals surface area contributed by atoms with Crippen molar-refractivity contribution in [2.45, 2.75) is 38.1 Å². The number of nitrogens with zero attached hydrogens (tertiary/aromatic N) is 3. The Bertz CT molecular complexity index is 752. The molecule has 4 aliphatic carbocycles. The minimum absolute atomic E-state index is 0.00105. The molecule has 0 radical (unpaired) electrons. The van der Waals surface area contributed by atoms with Crippen LogP contribution in [0.4, 0.5) is 0 Å². The van der Waals surface area contributed by atoms with Gasteiger partial charge in [0.15, 0.2) is 0 Å². The van der Waals surface area contributed by atoms with Crippen LogP contribution >= 0.6 is 11.3 Å². The van der Waals surface area contributed by atoms with Crippen LogP contribution in [0.5, 0.6) is 0 Å². The highest BCUT2D eigenvalue weighted by Crippen LogP contribution is 2.53. The van der Waals surface area contributed by atoms with Crippen molar-refractivity contribution in [2.75, 3.05) is 0 Å². The Labute approximate surface area is 145 Å². The molecule has 0 aliphatic heterocycles. The third kappa shape index (κ3) is 2.39. The Morgan fingerprint density at radius 1 is 1.21 bits per heavy atom. The fourth-order valence-corrected chi connectivity index (χ4v) is 6.20. The van der Waals surface area contributed by atoms with Crippen molar-refractivity contribution >= 4 is 17.2 Å². The highest BCUT2D eigenvalue weighted by atomic mass is 32.1. The fourth-order valence-electron chi connectivity index (χ4n) is 5.43. The van der Waals surface area contributed by atoms with E-state index >= 15 is 0 Å². The fraction of sp³-hybridized carbons (Fsp3) is 0.611. The van der Waals surface area contributed by atoms with E-state index in [0.29, 0.717) is 23.6 Å². The van der Waals surface area contributed by atoms with Crippen molar-refractivity contribution in [1.82, 2.24) is 20.1 Å². The van der Waals surface area contributed by atoms with Crippen LogP contribution in [-0.2, 0) is 7.05 Å². The number of aryl methyl sites for hydroxylation is 1. The normalized spacial score (nSPS) is 33.8. The van der Waals surface area contributed by atoms with Gasteiger partial charge in [0.1, 0.15) is 10.7 Å². The summed E-state index contributed by atoms with van der Waals surface area (Å²) in [6, 6.07) is 0.369. The first kappa shape index (κ1) is 14.6. The molecule has 126 valence electrons. The molecule has 24 heavy (non-hydrogen) atoms. The zero-order valence-electron chi connectivity index (χ0n) is 13.8. The maximum atomic E-state index is 12.7. The molecule has 0 spiro atoms. The molecule has 4 saturated carbocycles. The van der Waals surface area contributed by atoms with Gasteiger partial charge in [0, 0.05) is 30.2 Å². The van der Waals surface area contributed by atoms with E-state index in [9.17, 15) is 4.79 Å². The molecule has 6 heteroatoms. The first-order chi connectivity index (χ1) is 11.7. The number of carbonyl (C=O) groups excluding carboxylic acids is 1. The number of nitrogens with one attached hydrogen (secondary N) is 1. The molecule has 0 atom stereocenters. The molecule has 5 nitrogen and oxygen atoms in total. The van der Waals surface area contributed by atoms with Crippen LogP contribution in [0.2, 0.25) is 0 Å². The molecule has 1 N–H and O–H groups in total. The van der Waals surface area contributed by atoms with Gasteiger partial charge in [0.25, 0.3) is 5.91 Å². The number of hydrogen-bond acceptors (Lipinski definition) is 4. The number of amides is 1. The van der Waals surface area contributed by atoms with Crippen molar-refractivity contribution in [3.05, 3.63) is 23.5 Å². The van der Waals surface area contributed by atoms with Crippen LogP contribution in [0.25, 0.3) is 10.6 Å². The van der Waals surface area contributed by atoms with Gasteiger partial charge >= 0.3 is 0 Å². The summed E-state index contributed by atoms with van der Waals surface area (Å²) in [5.41, 5.74) is 1.52. The number of aromatic nitrogens is 3. The van der Waals surface area contributed by atoms with Gasteiger partial charge in [-0.2, -0.15) is 5.10 Å². The standard InChI is InChI=1S/C18H22N4OS/c1-22-8-14(7-19-22)18-20-15(9-24-18)17(23)21-16-12-3-10-2-11(5-12)6-13(16)4-10/h7-13,16H,2-6H2,1H3,(H,21,23). The minimum atomic E-state index is -0.00105. The van der Waals surface area contributed by atoms with Crippen LogP contribution in [0.15, 0.2) is 17.8 Å². The predicted octanol–water partition coefficient (Wildman–Crippen LogP) is 3.10. The maximum Gasteiger partial charge on any atom is 0.271 e. The topological polar surface area (TPSA) is 59.8 Å². The van der Waals surface area contributed by atoms with Gasteiger partial charge in [0.2, 0.25) is 0 Å². The van der Waals surface area contributed by atoms with E-state index in [1.54, 1.807) is 10.9 Å². The SMILES string of the molecule is Cn1cc(-c2nc(C(=O)NC3C4CC5CC(C4)CC3C5)cs2)cn1. The van der Waals surface area contributed by atoms with E-state index in [1.807, 2.05) is 18.6 Å². The molecule has 4 fully saturated rings. The lowest BCUT2D eigenvalue weighted by molar-refractivity contribution is -0.0120. The van der Waals surface area contributed by atoms with Crippen LogP contribution < -0.4 is 5.32 Å². The predicted molar refractivity (Wildman–Crippen MR) is 92.6 cm³/mol. The quantitative estimate of drug-likeness (QED) is 0.932. The molecule has 0 unspecified atom stereocenters. The monoisotopic (exact) mass is 342 g/mol. The lowest BCUT2D eigenvalue weighted by Crippen LogP contribution is -2.55. The van der Waals surface area contributed by atoms with E-state index in [0.717, 1.165) is 22.4 Å². The average Bonchev–Trinajstić information content (AvgIpc) is 3.18. The van der Waals surface area contributed by atoms with Crippen molar-refractivity contribution in [1.29, 1.82) is 0 Å². The van der Waals surface area contributed by atoms with Crippen molar-refractivity contribution in [2.24, 2.45) is 30.7 Å². The van der Waals surface area contributed by atoms with Crippen LogP contribution in [-0.4, -0.2) is 26.7 Å². The smallest absolute Gasteiger partial charge is 0.271 e. The maximum absolute atomic E-state index is 12.7. The summed E-state index contributed by atoms with van der Waals surface area (Å²) in [5, 5.41) is 10.2. The minimum Gasteiger partial charge on any atom is -0.347 e. The van der Waals surface area contributed by atoms with Crippen molar-refractivity contribution in [3.8, 4) is 10.6 Å². The molecule has 0 saturated heterocycles. The Morgan fingerprint density at radius 3 is 2.54 bits per heavy atom. The van der Waals surface area contributed by atoms with Crippen LogP contribution in [0.1, 0.15) is 42.6 Å². The van der Waals surface area contributed by atoms with E-state index < -0.39 is 0 Å². The van der Waals surface area contributed by atoms with E-state index in [2.05, 4.69) is 15.4 Å². The average molecular weight is 342 g/mol. The molecule has 4 aliphatic rings. The second kappa shape index (κ2) is 5.41. The zero-order valence-corrected chi connectivity index (χ0v) is 14.6. The summed E-state index contributed by atoms with van der Waals surface area (Å²) in [4.78, 5) is 17.2. The molecule has 2 aromatic heterocycles. The summed E-state index contributed by atoms with van der Waals surface area (Å²) < 4.78 is 1.75. The molecule has 1 amide bonds. The molecule has 2 heterocycles. The summed E-state index contributed by atoms with van der Waals surface area (Å²) >= 11 is 1.51. The zero-order chi connectivity index (χ0) is 16.3. The first-order valence-corrected chi connectivity index (χ1v) is 9.79. The highest BCUT2D eigenvalue weighted by molar-refractivity contribution is 7.13. The molecule has 0 aromatic carbocycles. The number of carbonyl (C=O) groups is 1. The van der Waals surface area contributed by atoms with Gasteiger partial charge in [-0.15, -0.1) is 11.3 Å². The van der Waals surface area contributed by atoms with Crippen LogP contribution in [0, 0.1) is 23.7 Å². The Balaban J connectivity index is 1.32. The van der Waals surface area contributed by atoms with Crippen LogP contribution in [0.3, 0.4) is 0 Å². The highest BCUT2D eigenvalue weighted by Gasteiger charge is 2.48. The summed E-state index contributed by atoms with van der Waals surface area (Å²) in [7, 11) is 1.89. The van der Waals surface area contributed by atoms with Crippen molar-refractivity contribution in [3.63, 3.8) is 0 Å². The molecular formula is C18H22N4OS. The lowest BCUT2D eigenvalue weighted by Gasteiger charge is -2.54. The third-order valence-corrected chi connectivity index (χ3v) is 7.10. The Kier molecular flexibility index (Phi) is 3.30. The Morgan fingerprint density at radius 2 is 1.92 bits per heavy atom. The largest absolute Gasteiger partial charge is 0.347 e. The number of rotatable bonds is 3. The second-order valence-corrected chi connectivity index (χ2v) is 8.73. The molecule has 6 rings (SSSR count). The second-order valence-electron chi connectivity index (χ2n) is 7.87. The third-order valence-electron chi connectivity index (χ3n) is 6.21. The van der Waals surface area contributed by atoms with Gasteiger partial charge in [-0.1, -0.05) is 0 Å². The number of thiazole rings is 1. The molecule has 2 aromatic rings. The lowest BCUT2D eigenvalue weighted by atomic mass is 9.54. The van der Waals surface area contributed by atoms with Gasteiger partial charge in [-0.05, 0) is 55.8 Å². The van der Waals surface area contributed by atoms with Gasteiger partial charge < -0.3 is 5.32 Å². The van der Waals surface area contributed by atoms with Gasteiger partial charge in [0.05, 0.1) is 6.20 Å². The molecule has 4 bridgehead atoms. The van der Waals surface area contributed by atoms with Crippen molar-refractivity contribution < 1.29 is 4.79 Å². The summed E-state index contributed by atoms with van der Waals surface area (Å²) in [5.74, 6) is 3.25. The van der Waals surface area contributed by atoms with E-state index in [-0.39, 0.29) is 5.91 Å². The van der Waals surface area contributed by atoms with E-state index in [1.165, 1.54) is 43.4 Å². The first-order valence-electron chi connectivity index (χ1n) is 8.91. The van der Waals surface area contributed by atoms with Gasteiger partial charge in [-0.25, -0.2) is 4.98 Å². The molecular weight excluding hydrogens is 320 g/mol. The Hall–Kier alpha value is -1.69. The van der Waals surface area contributed by atoms with E-state index in [4.69, 9.17) is 0 Å². The summed E-state index contributed by atoms with van der Waals surface area (Å²) in [6.07, 6.45) is 10.4. The summed E-state index contributed by atoms with van der Waals surface area (Å²) in [6.45, 7) is 0. The number of hydrogen-bond donors (Lipinski definition) is 1. The van der Waals surface area contributed by atoms with Gasteiger partial charge in [-0.3, -0.25) is 9.48 Å².